The van der Waals surface area contributed by atoms with E-state index < -0.39 is 67.0 Å². The minimum Gasteiger partial charge on any atom is -0.463 e. The van der Waals surface area contributed by atoms with Crippen LogP contribution < -0.4 is 16.2 Å². The minimum atomic E-state index is -1.37. The molecule has 1 fully saturated rings. The molecule has 196 valence electrons. The minimum absolute atomic E-state index is 0.111. The Morgan fingerprint density at radius 1 is 0.889 bits per heavy atom. The van der Waals surface area contributed by atoms with Crippen molar-refractivity contribution in [2.24, 2.45) is 0 Å². The number of carbonyl (C=O) groups is 5. The number of amides is 1. The maximum absolute atomic E-state index is 12.2. The number of thiocarbonyl (C=S) groups is 1. The van der Waals surface area contributed by atoms with Crippen molar-refractivity contribution in [1.29, 1.82) is 0 Å². The van der Waals surface area contributed by atoms with Crippen LogP contribution in [-0.4, -0.2) is 77.1 Å². The summed E-state index contributed by atoms with van der Waals surface area (Å²) in [6.45, 7) is 4.09. The second-order valence-electron chi connectivity index (χ2n) is 7.39. The Balaban J connectivity index is 2.26. The SMILES string of the molecule is CC(=O)OC[C@H]1O[C@@H](NC(=S)NNC(=O)c2ccccn2)[C@H](OC(C)=O)[C@@H](OC(C)=O)[C@@H]1OC(C)=O. The van der Waals surface area contributed by atoms with Crippen molar-refractivity contribution in [1.82, 2.24) is 21.2 Å². The molecule has 2 rings (SSSR count). The van der Waals surface area contributed by atoms with Gasteiger partial charge in [-0.15, -0.1) is 0 Å². The van der Waals surface area contributed by atoms with E-state index in [2.05, 4.69) is 21.2 Å². The number of nitrogens with zero attached hydrogens (tertiary/aromatic N) is 1. The Morgan fingerprint density at radius 3 is 2.06 bits per heavy atom. The molecule has 1 aliphatic rings. The van der Waals surface area contributed by atoms with E-state index in [-0.39, 0.29) is 10.8 Å². The van der Waals surface area contributed by atoms with Crippen molar-refractivity contribution in [2.45, 2.75) is 58.3 Å². The highest BCUT2D eigenvalue weighted by Gasteiger charge is 2.52. The van der Waals surface area contributed by atoms with E-state index in [9.17, 15) is 24.0 Å². The van der Waals surface area contributed by atoms with E-state index in [0.29, 0.717) is 0 Å². The molecule has 1 aromatic heterocycles. The number of pyridine rings is 1. The molecule has 14 nitrogen and oxygen atoms in total. The molecule has 0 aliphatic carbocycles. The lowest BCUT2D eigenvalue weighted by atomic mass is 9.97. The first-order chi connectivity index (χ1) is 17.0. The average Bonchev–Trinajstić information content (AvgIpc) is 2.79. The number of hydrogen-bond donors (Lipinski definition) is 3. The zero-order chi connectivity index (χ0) is 26.8. The number of nitrogens with one attached hydrogen (secondary N) is 3. The van der Waals surface area contributed by atoms with Gasteiger partial charge in [-0.1, -0.05) is 6.07 Å². The van der Waals surface area contributed by atoms with Crippen LogP contribution in [0.5, 0.6) is 0 Å². The molecule has 0 radical (unpaired) electrons. The summed E-state index contributed by atoms with van der Waals surface area (Å²) in [5.41, 5.74) is 4.89. The van der Waals surface area contributed by atoms with Crippen LogP contribution in [-0.2, 0) is 42.9 Å². The van der Waals surface area contributed by atoms with Crippen LogP contribution >= 0.6 is 12.2 Å². The van der Waals surface area contributed by atoms with Gasteiger partial charge in [0.1, 0.15) is 18.4 Å². The smallest absolute Gasteiger partial charge is 0.303 e. The molecule has 0 aromatic carbocycles. The molecule has 5 atom stereocenters. The molecule has 15 heteroatoms. The van der Waals surface area contributed by atoms with Crippen molar-refractivity contribution in [3.63, 3.8) is 0 Å². The fourth-order valence-corrected chi connectivity index (χ4v) is 3.35. The number of carbonyl (C=O) groups excluding carboxylic acids is 5. The maximum Gasteiger partial charge on any atom is 0.303 e. The van der Waals surface area contributed by atoms with E-state index in [4.69, 9.17) is 35.9 Å². The molecule has 1 aliphatic heterocycles. The second kappa shape index (κ2) is 13.3. The summed E-state index contributed by atoms with van der Waals surface area (Å²) in [7, 11) is 0. The summed E-state index contributed by atoms with van der Waals surface area (Å²) in [4.78, 5) is 62.9. The summed E-state index contributed by atoms with van der Waals surface area (Å²) >= 11 is 5.18. The van der Waals surface area contributed by atoms with Crippen LogP contribution in [0.15, 0.2) is 24.4 Å². The molecule has 1 saturated heterocycles. The number of ether oxygens (including phenoxy) is 5. The molecular weight excluding hydrogens is 500 g/mol. The molecule has 36 heavy (non-hydrogen) atoms. The number of aromatic nitrogens is 1. The van der Waals surface area contributed by atoms with Crippen LogP contribution in [0.2, 0.25) is 0 Å². The van der Waals surface area contributed by atoms with Gasteiger partial charge in [0.25, 0.3) is 5.91 Å². The van der Waals surface area contributed by atoms with Crippen molar-refractivity contribution >= 4 is 47.1 Å². The quantitative estimate of drug-likeness (QED) is 0.175. The summed E-state index contributed by atoms with van der Waals surface area (Å²) in [5.74, 6) is -3.54. The Kier molecular flexibility index (Phi) is 10.5. The molecule has 2 heterocycles. The van der Waals surface area contributed by atoms with Crippen LogP contribution in [0.3, 0.4) is 0 Å². The predicted molar refractivity (Wildman–Crippen MR) is 123 cm³/mol. The third-order valence-corrected chi connectivity index (χ3v) is 4.67. The highest BCUT2D eigenvalue weighted by Crippen LogP contribution is 2.28. The standard InChI is InChI=1S/C21H26N4O10S/c1-10(26)31-9-15-16(32-11(2)27)17(33-12(3)28)18(34-13(4)29)20(35-15)23-21(36)25-24-19(30)14-7-5-6-8-22-14/h5-8,15-18,20H,9H2,1-4H3,(H,24,30)(H2,23,25,36)/t15-,16-,17+,18-,20-/m1/s1. The average molecular weight is 527 g/mol. The van der Waals surface area contributed by atoms with Gasteiger partial charge in [-0.05, 0) is 24.4 Å². The fraction of sp³-hybridized carbons (Fsp3) is 0.476. The van der Waals surface area contributed by atoms with Crippen LogP contribution in [0, 0.1) is 0 Å². The van der Waals surface area contributed by atoms with Gasteiger partial charge in [0.15, 0.2) is 29.7 Å². The first-order valence-corrected chi connectivity index (χ1v) is 11.0. The Hall–Kier alpha value is -3.85. The van der Waals surface area contributed by atoms with Gasteiger partial charge in [-0.2, -0.15) is 0 Å². The summed E-state index contributed by atoms with van der Waals surface area (Å²) in [5, 5.41) is 2.51. The molecule has 1 aromatic rings. The predicted octanol–water partition coefficient (Wildman–Crippen LogP) is -0.726. The van der Waals surface area contributed by atoms with Crippen molar-refractivity contribution < 1.29 is 47.7 Å². The number of rotatable bonds is 7. The van der Waals surface area contributed by atoms with Gasteiger partial charge < -0.3 is 29.0 Å². The lowest BCUT2D eigenvalue weighted by molar-refractivity contribution is -0.254. The Bertz CT molecular complexity index is 992. The highest BCUT2D eigenvalue weighted by molar-refractivity contribution is 7.80. The van der Waals surface area contributed by atoms with Gasteiger partial charge in [-0.3, -0.25) is 39.8 Å². The zero-order valence-corrected chi connectivity index (χ0v) is 20.7. The maximum atomic E-state index is 12.2. The number of hydrazine groups is 1. The Morgan fingerprint density at radius 2 is 1.50 bits per heavy atom. The molecular formula is C21H26N4O10S. The number of hydrogen-bond acceptors (Lipinski definition) is 12. The molecule has 0 spiro atoms. The van der Waals surface area contributed by atoms with Gasteiger partial charge in [0.05, 0.1) is 0 Å². The lowest BCUT2D eigenvalue weighted by Crippen LogP contribution is -2.67. The third kappa shape index (κ3) is 8.74. The normalized spacial score (nSPS) is 22.8. The summed E-state index contributed by atoms with van der Waals surface area (Å²) in [6.07, 6.45) is -5.06. The largest absolute Gasteiger partial charge is 0.463 e. The summed E-state index contributed by atoms with van der Waals surface area (Å²) < 4.78 is 26.8. The third-order valence-electron chi connectivity index (χ3n) is 4.45. The molecule has 3 N–H and O–H groups in total. The van der Waals surface area contributed by atoms with Gasteiger partial charge in [-0.25, -0.2) is 0 Å². The summed E-state index contributed by atoms with van der Waals surface area (Å²) in [6, 6.07) is 4.74. The lowest BCUT2D eigenvalue weighted by Gasteiger charge is -2.44. The fourth-order valence-electron chi connectivity index (χ4n) is 3.18. The van der Waals surface area contributed by atoms with E-state index >= 15 is 0 Å². The van der Waals surface area contributed by atoms with E-state index in [0.717, 1.165) is 27.7 Å². The van der Waals surface area contributed by atoms with E-state index in [1.807, 2.05) is 0 Å². The van der Waals surface area contributed by atoms with Crippen LogP contribution in [0.1, 0.15) is 38.2 Å². The molecule has 1 amide bonds. The second-order valence-corrected chi connectivity index (χ2v) is 7.80. The van der Waals surface area contributed by atoms with E-state index in [1.165, 1.54) is 12.3 Å². The Labute approximate surface area is 211 Å². The first-order valence-electron chi connectivity index (χ1n) is 10.6. The van der Waals surface area contributed by atoms with Gasteiger partial charge in [0, 0.05) is 33.9 Å². The van der Waals surface area contributed by atoms with Crippen LogP contribution in [0.4, 0.5) is 0 Å². The zero-order valence-electron chi connectivity index (χ0n) is 19.8. The topological polar surface area (TPSA) is 180 Å². The molecule has 0 saturated carbocycles. The van der Waals surface area contributed by atoms with E-state index in [1.54, 1.807) is 12.1 Å². The first kappa shape index (κ1) is 28.4. The van der Waals surface area contributed by atoms with Gasteiger partial charge >= 0.3 is 23.9 Å². The molecule has 0 bridgehead atoms. The number of esters is 4. The van der Waals surface area contributed by atoms with Crippen molar-refractivity contribution in [3.8, 4) is 0 Å². The van der Waals surface area contributed by atoms with Crippen LogP contribution in [0.25, 0.3) is 0 Å². The monoisotopic (exact) mass is 526 g/mol. The highest BCUT2D eigenvalue weighted by atomic mass is 32.1. The van der Waals surface area contributed by atoms with Crippen molar-refractivity contribution in [3.05, 3.63) is 30.1 Å². The molecule has 0 unspecified atom stereocenters. The van der Waals surface area contributed by atoms with Gasteiger partial charge in [0.2, 0.25) is 0 Å². The van der Waals surface area contributed by atoms with Crippen molar-refractivity contribution in [2.75, 3.05) is 6.61 Å².